The highest BCUT2D eigenvalue weighted by Crippen LogP contribution is 2.40. The van der Waals surface area contributed by atoms with Crippen LogP contribution < -0.4 is 0 Å². The minimum Gasteiger partial charge on any atom is -0.271 e. The summed E-state index contributed by atoms with van der Waals surface area (Å²) < 4.78 is 0. The van der Waals surface area contributed by atoms with E-state index in [4.69, 9.17) is 12.2 Å². The van der Waals surface area contributed by atoms with Crippen molar-refractivity contribution in [2.75, 3.05) is 0 Å². The Hall–Kier alpha value is -2.69. The van der Waals surface area contributed by atoms with Crippen LogP contribution in [0.3, 0.4) is 0 Å². The van der Waals surface area contributed by atoms with Crippen LogP contribution in [-0.4, -0.2) is 32.9 Å². The van der Waals surface area contributed by atoms with Crippen LogP contribution in [0.2, 0.25) is 0 Å². The number of benzene rings is 1. The Morgan fingerprint density at radius 1 is 1.12 bits per heavy atom. The zero-order valence-electron chi connectivity index (χ0n) is 14.1. The van der Waals surface area contributed by atoms with Crippen molar-refractivity contribution in [1.82, 2.24) is 9.88 Å². The number of carbonyl (C=O) groups excluding carboxylic acids is 2. The van der Waals surface area contributed by atoms with Crippen LogP contribution >= 0.6 is 12.2 Å². The van der Waals surface area contributed by atoms with E-state index in [1.807, 2.05) is 6.07 Å². The van der Waals surface area contributed by atoms with E-state index < -0.39 is 0 Å². The number of nitrogens with zero attached hydrogens (tertiary/aromatic N) is 3. The maximum absolute atomic E-state index is 12.8. The summed E-state index contributed by atoms with van der Waals surface area (Å²) in [7, 11) is 0. The fourth-order valence-corrected chi connectivity index (χ4v) is 4.20. The van der Waals surface area contributed by atoms with Gasteiger partial charge in [0.25, 0.3) is 11.8 Å². The summed E-state index contributed by atoms with van der Waals surface area (Å²) in [6.45, 7) is 0. The van der Waals surface area contributed by atoms with Crippen molar-refractivity contribution in [3.63, 3.8) is 0 Å². The van der Waals surface area contributed by atoms with E-state index >= 15 is 0 Å². The van der Waals surface area contributed by atoms with Crippen LogP contribution in [0.15, 0.2) is 47.7 Å². The van der Waals surface area contributed by atoms with Gasteiger partial charge in [-0.05, 0) is 61.2 Å². The van der Waals surface area contributed by atoms with Crippen molar-refractivity contribution in [2.45, 2.75) is 37.6 Å². The summed E-state index contributed by atoms with van der Waals surface area (Å²) in [5, 5.41) is 2.41. The second-order valence-electron chi connectivity index (χ2n) is 6.68. The average Bonchev–Trinajstić information content (AvgIpc) is 2.94. The number of thiocarbonyl (C=S) groups is 1. The van der Waals surface area contributed by atoms with Crippen molar-refractivity contribution < 1.29 is 9.59 Å². The van der Waals surface area contributed by atoms with E-state index in [0.29, 0.717) is 11.1 Å². The quantitative estimate of drug-likeness (QED) is 0.467. The Kier molecular flexibility index (Phi) is 4.45. The molecule has 6 heteroatoms. The highest BCUT2D eigenvalue weighted by molar-refractivity contribution is 7.78. The van der Waals surface area contributed by atoms with E-state index in [1.165, 1.54) is 4.90 Å². The number of isothiocyanates is 1. The van der Waals surface area contributed by atoms with Crippen LogP contribution in [0.5, 0.6) is 0 Å². The minimum atomic E-state index is -0.178. The van der Waals surface area contributed by atoms with Gasteiger partial charge < -0.3 is 0 Å². The van der Waals surface area contributed by atoms with Gasteiger partial charge in [0, 0.05) is 12.2 Å². The fourth-order valence-electron chi connectivity index (χ4n) is 4.11. The molecule has 0 N–H and O–H groups in total. The molecule has 1 aromatic heterocycles. The summed E-state index contributed by atoms with van der Waals surface area (Å²) in [5.74, 6) is -0.144. The number of hydrogen-bond donors (Lipinski definition) is 0. The fraction of sp³-hybridized carbons (Fsp3) is 0.300. The van der Waals surface area contributed by atoms with Crippen LogP contribution in [0.1, 0.15) is 57.9 Å². The third-order valence-electron chi connectivity index (χ3n) is 5.28. The maximum atomic E-state index is 12.8. The Morgan fingerprint density at radius 2 is 1.85 bits per heavy atom. The number of aromatic nitrogens is 1. The van der Waals surface area contributed by atoms with Crippen LogP contribution in [0.4, 0.5) is 5.69 Å². The molecule has 2 aromatic rings. The molecule has 5 nitrogen and oxygen atoms in total. The van der Waals surface area contributed by atoms with E-state index in [-0.39, 0.29) is 23.8 Å². The van der Waals surface area contributed by atoms with Gasteiger partial charge in [-0.1, -0.05) is 18.6 Å². The molecule has 0 saturated heterocycles. The third kappa shape index (κ3) is 2.77. The lowest BCUT2D eigenvalue weighted by Gasteiger charge is -2.34. The van der Waals surface area contributed by atoms with Crippen molar-refractivity contribution in [2.24, 2.45) is 4.99 Å². The number of imide groups is 1. The minimum absolute atomic E-state index is 0.0985. The van der Waals surface area contributed by atoms with Gasteiger partial charge in [-0.3, -0.25) is 19.5 Å². The van der Waals surface area contributed by atoms with Crippen molar-refractivity contribution in [1.29, 1.82) is 0 Å². The van der Waals surface area contributed by atoms with Crippen molar-refractivity contribution >= 4 is 34.9 Å². The summed E-state index contributed by atoms with van der Waals surface area (Å²) in [4.78, 5) is 35.2. The van der Waals surface area contributed by atoms with Gasteiger partial charge in [-0.2, -0.15) is 4.99 Å². The summed E-state index contributed by atoms with van der Waals surface area (Å²) >= 11 is 4.73. The molecular weight excluding hydrogens is 346 g/mol. The normalized spacial score (nSPS) is 22.1. The first kappa shape index (κ1) is 16.8. The molecule has 0 radical (unpaired) electrons. The zero-order valence-corrected chi connectivity index (χ0v) is 14.9. The van der Waals surface area contributed by atoms with Gasteiger partial charge in [0.05, 0.1) is 28.2 Å². The van der Waals surface area contributed by atoms with Gasteiger partial charge >= 0.3 is 0 Å². The number of aliphatic imine (C=N–C) groups is 1. The first-order chi connectivity index (χ1) is 12.7. The van der Waals surface area contributed by atoms with Crippen molar-refractivity contribution in [3.05, 3.63) is 59.4 Å². The molecule has 1 aliphatic heterocycles. The van der Waals surface area contributed by atoms with E-state index in [9.17, 15) is 9.59 Å². The molecule has 1 aromatic carbocycles. The molecule has 2 amide bonds. The Morgan fingerprint density at radius 3 is 2.54 bits per heavy atom. The molecule has 2 aliphatic rings. The van der Waals surface area contributed by atoms with E-state index in [0.717, 1.165) is 36.9 Å². The molecule has 0 spiro atoms. The number of pyridine rings is 1. The highest BCUT2D eigenvalue weighted by Gasteiger charge is 2.41. The third-order valence-corrected chi connectivity index (χ3v) is 5.37. The Labute approximate surface area is 156 Å². The molecule has 2 atom stereocenters. The van der Waals surface area contributed by atoms with Gasteiger partial charge in [-0.25, -0.2) is 0 Å². The van der Waals surface area contributed by atoms with Gasteiger partial charge in [0.1, 0.15) is 0 Å². The summed E-state index contributed by atoms with van der Waals surface area (Å²) in [5.41, 5.74) is 2.79. The van der Waals surface area contributed by atoms with E-state index in [1.54, 1.807) is 36.7 Å². The second-order valence-corrected chi connectivity index (χ2v) is 6.86. The van der Waals surface area contributed by atoms with Gasteiger partial charge in [0.15, 0.2) is 0 Å². The standard InChI is InChI=1S/C20H17N3O2S/c24-19-16-6-1-2-7-17(16)20(25)23(19)14-5-3-4-13(10-14)15-8-9-21-11-18(15)22-12-26/h1-2,6-9,11,13-14H,3-5,10H2. The maximum Gasteiger partial charge on any atom is 0.261 e. The summed E-state index contributed by atoms with van der Waals surface area (Å²) in [6, 6.07) is 8.89. The molecule has 26 heavy (non-hydrogen) atoms. The smallest absolute Gasteiger partial charge is 0.261 e. The molecule has 1 saturated carbocycles. The van der Waals surface area contributed by atoms with Crippen LogP contribution in [0.25, 0.3) is 0 Å². The molecule has 0 bridgehead atoms. The number of carbonyl (C=O) groups is 2. The Balaban J connectivity index is 1.62. The monoisotopic (exact) mass is 363 g/mol. The highest BCUT2D eigenvalue weighted by atomic mass is 32.1. The molecule has 1 fully saturated rings. The molecule has 130 valence electrons. The predicted octanol–water partition coefficient (Wildman–Crippen LogP) is 4.14. The lowest BCUT2D eigenvalue weighted by Crippen LogP contribution is -2.42. The largest absolute Gasteiger partial charge is 0.271 e. The SMILES string of the molecule is O=C1c2ccccc2C(=O)N1C1CCCC(c2ccncc2N=C=S)C1. The van der Waals surface area contributed by atoms with Crippen molar-refractivity contribution in [3.8, 4) is 0 Å². The number of fused-ring (bicyclic) bond motifs is 1. The van der Waals surface area contributed by atoms with E-state index in [2.05, 4.69) is 15.1 Å². The second kappa shape index (κ2) is 6.90. The summed E-state index contributed by atoms with van der Waals surface area (Å²) in [6.07, 6.45) is 6.92. The molecule has 4 rings (SSSR count). The van der Waals surface area contributed by atoms with Gasteiger partial charge in [-0.15, -0.1) is 0 Å². The molecule has 1 aliphatic carbocycles. The molecular formula is C20H17N3O2S. The van der Waals surface area contributed by atoms with Crippen LogP contribution in [0, 0.1) is 0 Å². The average molecular weight is 363 g/mol. The number of rotatable bonds is 3. The van der Waals surface area contributed by atoms with Gasteiger partial charge in [0.2, 0.25) is 0 Å². The molecule has 2 heterocycles. The lowest BCUT2D eigenvalue weighted by atomic mass is 9.80. The Bertz CT molecular complexity index is 901. The van der Waals surface area contributed by atoms with Crippen LogP contribution in [-0.2, 0) is 0 Å². The number of amides is 2. The first-order valence-electron chi connectivity index (χ1n) is 8.69. The molecule has 2 unspecified atom stereocenters. The zero-order chi connectivity index (χ0) is 18.1. The predicted molar refractivity (Wildman–Crippen MR) is 101 cm³/mol. The number of hydrogen-bond acceptors (Lipinski definition) is 5. The first-order valence-corrected chi connectivity index (χ1v) is 9.10. The topological polar surface area (TPSA) is 62.6 Å². The lowest BCUT2D eigenvalue weighted by molar-refractivity contribution is 0.0540.